The molecule has 0 aliphatic heterocycles. The normalized spacial score (nSPS) is 11.7. The van der Waals surface area contributed by atoms with Gasteiger partial charge in [-0.05, 0) is 63.3 Å². The lowest BCUT2D eigenvalue weighted by atomic mass is 10.1. The number of aryl methyl sites for hydroxylation is 2. The molecule has 2 aromatic rings. The zero-order valence-electron chi connectivity index (χ0n) is 15.7. The van der Waals surface area contributed by atoms with Gasteiger partial charge in [0.1, 0.15) is 11.5 Å². The molecule has 0 radical (unpaired) electrons. The number of hydrogen-bond acceptors (Lipinski definition) is 4. The molecule has 0 fully saturated rings. The largest absolute Gasteiger partial charge is 0.428 e. The molecule has 0 saturated heterocycles. The van der Waals surface area contributed by atoms with Crippen LogP contribution in [-0.4, -0.2) is 11.9 Å². The summed E-state index contributed by atoms with van der Waals surface area (Å²) in [5, 5.41) is 0. The molecule has 0 N–H and O–H groups in total. The molecule has 4 heteroatoms. The summed E-state index contributed by atoms with van der Waals surface area (Å²) in [6, 6.07) is 14.2. The molecule has 0 bridgehead atoms. The average molecular weight is 362 g/mol. The smallest absolute Gasteiger partial charge is 0.343 e. The van der Waals surface area contributed by atoms with Gasteiger partial charge in [-0.1, -0.05) is 42.0 Å². The van der Waals surface area contributed by atoms with Crippen molar-refractivity contribution in [1.82, 2.24) is 0 Å². The Morgan fingerprint density at radius 1 is 0.778 bits per heavy atom. The topological polar surface area (TPSA) is 52.6 Å². The lowest BCUT2D eigenvalue weighted by molar-refractivity contribution is 0.0616. The van der Waals surface area contributed by atoms with Crippen LogP contribution in [0.25, 0.3) is 0 Å². The van der Waals surface area contributed by atoms with Gasteiger partial charge in [-0.15, -0.1) is 0 Å². The molecule has 4 nitrogen and oxygen atoms in total. The van der Waals surface area contributed by atoms with Gasteiger partial charge in [0.05, 0.1) is 11.1 Å². The summed E-state index contributed by atoms with van der Waals surface area (Å²) in [7, 11) is 0. The highest BCUT2D eigenvalue weighted by molar-refractivity contribution is 5.90. The molecular formula is C23H22O4. The Morgan fingerprint density at radius 2 is 1.22 bits per heavy atom. The predicted molar refractivity (Wildman–Crippen MR) is 105 cm³/mol. The zero-order valence-corrected chi connectivity index (χ0v) is 15.7. The van der Waals surface area contributed by atoms with Crippen molar-refractivity contribution < 1.29 is 19.1 Å². The number of carbonyl (C=O) groups excluding carboxylic acids is 2. The fraction of sp³-hybridized carbons (Fsp3) is 0.130. The Labute approximate surface area is 159 Å². The Bertz CT molecular complexity index is 885. The summed E-state index contributed by atoms with van der Waals surface area (Å²) in [5.74, 6) is -0.310. The monoisotopic (exact) mass is 362 g/mol. The van der Waals surface area contributed by atoms with Crippen LogP contribution in [0, 0.1) is 13.8 Å². The van der Waals surface area contributed by atoms with Crippen molar-refractivity contribution in [1.29, 1.82) is 0 Å². The van der Waals surface area contributed by atoms with E-state index in [1.807, 2.05) is 38.1 Å². The zero-order chi connectivity index (χ0) is 19.8. The van der Waals surface area contributed by atoms with Gasteiger partial charge in [-0.3, -0.25) is 0 Å². The number of hydrogen-bond donors (Lipinski definition) is 0. The van der Waals surface area contributed by atoms with E-state index in [1.165, 1.54) is 12.2 Å². The maximum atomic E-state index is 12.1. The highest BCUT2D eigenvalue weighted by Gasteiger charge is 2.09. The molecule has 2 rings (SSSR count). The summed E-state index contributed by atoms with van der Waals surface area (Å²) in [4.78, 5) is 24.2. The standard InChI is InChI=1S/C23H22O4/c1-5-21(27-23(25)20-13-8-17(3)9-14-20)15-10-18(4)26-22(24)19-11-6-16(2)7-12-19/h5-15H,1H2,2-4H3/b18-10+,21-15+. The van der Waals surface area contributed by atoms with Crippen LogP contribution in [0.1, 0.15) is 38.8 Å². The van der Waals surface area contributed by atoms with E-state index in [-0.39, 0.29) is 5.76 Å². The third kappa shape index (κ3) is 6.12. The van der Waals surface area contributed by atoms with Crippen LogP contribution in [0.4, 0.5) is 0 Å². The van der Waals surface area contributed by atoms with Crippen LogP contribution in [0.3, 0.4) is 0 Å². The number of esters is 2. The second-order valence-electron chi connectivity index (χ2n) is 6.06. The van der Waals surface area contributed by atoms with Crippen molar-refractivity contribution in [2.24, 2.45) is 0 Å². The first-order chi connectivity index (χ1) is 12.9. The summed E-state index contributed by atoms with van der Waals surface area (Å²) >= 11 is 0. The summed E-state index contributed by atoms with van der Waals surface area (Å²) in [6.45, 7) is 9.16. The first kappa shape index (κ1) is 19.9. The van der Waals surface area contributed by atoms with Gasteiger partial charge in [0, 0.05) is 0 Å². The summed E-state index contributed by atoms with van der Waals surface area (Å²) < 4.78 is 10.6. The molecule has 0 spiro atoms. The number of benzene rings is 2. The van der Waals surface area contributed by atoms with E-state index in [9.17, 15) is 9.59 Å². The molecular weight excluding hydrogens is 340 g/mol. The molecule has 2 aromatic carbocycles. The van der Waals surface area contributed by atoms with Gasteiger partial charge in [0.25, 0.3) is 0 Å². The Morgan fingerprint density at radius 3 is 1.67 bits per heavy atom. The Hall–Kier alpha value is -3.40. The number of allylic oxidation sites excluding steroid dienone is 4. The molecule has 0 atom stereocenters. The molecule has 0 unspecified atom stereocenters. The van der Waals surface area contributed by atoms with Crippen molar-refractivity contribution in [2.75, 3.05) is 0 Å². The van der Waals surface area contributed by atoms with Crippen LogP contribution in [0.15, 0.2) is 84.9 Å². The van der Waals surface area contributed by atoms with Gasteiger partial charge in [-0.25, -0.2) is 9.59 Å². The molecule has 138 valence electrons. The van der Waals surface area contributed by atoms with Gasteiger partial charge < -0.3 is 9.47 Å². The maximum Gasteiger partial charge on any atom is 0.343 e. The van der Waals surface area contributed by atoms with Crippen molar-refractivity contribution in [2.45, 2.75) is 20.8 Å². The lowest BCUT2D eigenvalue weighted by Crippen LogP contribution is -2.04. The van der Waals surface area contributed by atoms with Gasteiger partial charge in [0.2, 0.25) is 0 Å². The third-order valence-corrected chi connectivity index (χ3v) is 3.72. The quantitative estimate of drug-likeness (QED) is 0.398. The first-order valence-electron chi connectivity index (χ1n) is 8.48. The van der Waals surface area contributed by atoms with E-state index < -0.39 is 11.9 Å². The minimum absolute atomic E-state index is 0.256. The number of carbonyl (C=O) groups is 2. The van der Waals surface area contributed by atoms with Crippen LogP contribution < -0.4 is 0 Å². The van der Waals surface area contributed by atoms with Crippen molar-refractivity contribution in [3.8, 4) is 0 Å². The maximum absolute atomic E-state index is 12.1. The fourth-order valence-electron chi connectivity index (χ4n) is 2.13. The molecule has 0 amide bonds. The third-order valence-electron chi connectivity index (χ3n) is 3.72. The average Bonchev–Trinajstić information content (AvgIpc) is 2.65. The van der Waals surface area contributed by atoms with Gasteiger partial charge in [0.15, 0.2) is 0 Å². The summed E-state index contributed by atoms with van der Waals surface area (Å²) in [6.07, 6.45) is 4.49. The highest BCUT2D eigenvalue weighted by Crippen LogP contribution is 2.11. The van der Waals surface area contributed by atoms with Crippen LogP contribution in [0.2, 0.25) is 0 Å². The van der Waals surface area contributed by atoms with Crippen molar-refractivity contribution in [3.05, 3.63) is 107 Å². The fourth-order valence-corrected chi connectivity index (χ4v) is 2.13. The molecule has 0 aromatic heterocycles. The predicted octanol–water partition coefficient (Wildman–Crippen LogP) is 5.29. The van der Waals surface area contributed by atoms with Crippen LogP contribution in [0.5, 0.6) is 0 Å². The Kier molecular flexibility index (Phi) is 6.89. The van der Waals surface area contributed by atoms with E-state index in [2.05, 4.69) is 6.58 Å². The van der Waals surface area contributed by atoms with Crippen molar-refractivity contribution in [3.63, 3.8) is 0 Å². The Balaban J connectivity index is 2.02. The van der Waals surface area contributed by atoms with E-state index in [0.717, 1.165) is 11.1 Å². The molecule has 0 heterocycles. The van der Waals surface area contributed by atoms with Gasteiger partial charge in [-0.2, -0.15) is 0 Å². The second kappa shape index (κ2) is 9.34. The van der Waals surface area contributed by atoms with Crippen LogP contribution in [-0.2, 0) is 9.47 Å². The molecule has 0 saturated carbocycles. The highest BCUT2D eigenvalue weighted by atomic mass is 16.5. The molecule has 27 heavy (non-hydrogen) atoms. The van der Waals surface area contributed by atoms with E-state index in [0.29, 0.717) is 16.9 Å². The number of rotatable bonds is 6. The lowest BCUT2D eigenvalue weighted by Gasteiger charge is -2.06. The number of ether oxygens (including phenoxy) is 2. The molecule has 0 aliphatic rings. The van der Waals surface area contributed by atoms with E-state index in [1.54, 1.807) is 37.3 Å². The SMILES string of the molecule is C=C/C(=C\C=C(/C)OC(=O)c1ccc(C)cc1)OC(=O)c1ccc(C)cc1. The van der Waals surface area contributed by atoms with Crippen LogP contribution >= 0.6 is 0 Å². The second-order valence-corrected chi connectivity index (χ2v) is 6.06. The first-order valence-corrected chi connectivity index (χ1v) is 8.48. The minimum atomic E-state index is -0.483. The van der Waals surface area contributed by atoms with E-state index >= 15 is 0 Å². The van der Waals surface area contributed by atoms with Gasteiger partial charge >= 0.3 is 11.9 Å². The van der Waals surface area contributed by atoms with E-state index in [4.69, 9.17) is 9.47 Å². The molecule has 0 aliphatic carbocycles. The minimum Gasteiger partial charge on any atom is -0.428 e. The summed E-state index contributed by atoms with van der Waals surface area (Å²) in [5.41, 5.74) is 3.03. The van der Waals surface area contributed by atoms with Crippen molar-refractivity contribution >= 4 is 11.9 Å².